The highest BCUT2D eigenvalue weighted by molar-refractivity contribution is 7.17. The number of aromatic nitrogens is 5. The monoisotopic (exact) mass is 325 g/mol. The Bertz CT molecular complexity index is 1040. The molecule has 7 heteroatoms. The molecule has 0 unspecified atom stereocenters. The van der Waals surface area contributed by atoms with Crippen molar-refractivity contribution in [3.05, 3.63) is 46.0 Å². The first kappa shape index (κ1) is 14.1. The standard InChI is InChI=1S/C16H15N5OS/c1-9(2)6-11-8-23-15-12(11)14-18-13(10-4-3-5-17-7-10)20-21(14)16(22)19-15/h3-5,7-9H,6H2,1-2H3,(H,19,22). The van der Waals surface area contributed by atoms with Gasteiger partial charge in [-0.2, -0.15) is 4.52 Å². The summed E-state index contributed by atoms with van der Waals surface area (Å²) >= 11 is 1.54. The smallest absolute Gasteiger partial charge is 0.297 e. The predicted octanol–water partition coefficient (Wildman–Crippen LogP) is 2.89. The lowest BCUT2D eigenvalue weighted by molar-refractivity contribution is 0.651. The highest BCUT2D eigenvalue weighted by Gasteiger charge is 2.16. The van der Waals surface area contributed by atoms with E-state index >= 15 is 0 Å². The number of fused-ring (bicyclic) bond motifs is 3. The minimum atomic E-state index is -0.270. The first-order valence-corrected chi connectivity index (χ1v) is 8.31. The van der Waals surface area contributed by atoms with E-state index in [1.54, 1.807) is 23.7 Å². The first-order valence-electron chi connectivity index (χ1n) is 7.43. The summed E-state index contributed by atoms with van der Waals surface area (Å²) < 4.78 is 1.35. The number of aromatic amines is 1. The van der Waals surface area contributed by atoms with Crippen LogP contribution in [0.5, 0.6) is 0 Å². The van der Waals surface area contributed by atoms with Gasteiger partial charge >= 0.3 is 5.69 Å². The Balaban J connectivity index is 2.02. The summed E-state index contributed by atoms with van der Waals surface area (Å²) in [5, 5.41) is 7.45. The second-order valence-corrected chi connectivity index (χ2v) is 6.79. The molecule has 0 aliphatic carbocycles. The van der Waals surface area contributed by atoms with Gasteiger partial charge in [0.15, 0.2) is 11.5 Å². The molecule has 4 aromatic heterocycles. The molecule has 0 aliphatic heterocycles. The molecule has 0 saturated carbocycles. The summed E-state index contributed by atoms with van der Waals surface area (Å²) in [4.78, 5) is 24.7. The van der Waals surface area contributed by atoms with Crippen LogP contribution in [-0.2, 0) is 6.42 Å². The molecule has 0 saturated heterocycles. The number of nitrogens with one attached hydrogen (secondary N) is 1. The van der Waals surface area contributed by atoms with Crippen LogP contribution in [0, 0.1) is 5.92 Å². The van der Waals surface area contributed by atoms with E-state index in [9.17, 15) is 4.79 Å². The normalized spacial score (nSPS) is 11.8. The molecule has 0 radical (unpaired) electrons. The van der Waals surface area contributed by atoms with Crippen LogP contribution in [0.4, 0.5) is 0 Å². The van der Waals surface area contributed by atoms with Gasteiger partial charge in [-0.3, -0.25) is 9.97 Å². The first-order chi connectivity index (χ1) is 11.1. The SMILES string of the molecule is CC(C)Cc1csc2[nH]c(=O)n3nc(-c4cccnc4)nc3c12. The molecular weight excluding hydrogens is 310 g/mol. The van der Waals surface area contributed by atoms with Crippen molar-refractivity contribution in [1.82, 2.24) is 24.6 Å². The maximum Gasteiger partial charge on any atom is 0.349 e. The van der Waals surface area contributed by atoms with Gasteiger partial charge in [0.25, 0.3) is 0 Å². The highest BCUT2D eigenvalue weighted by Crippen LogP contribution is 2.29. The van der Waals surface area contributed by atoms with E-state index in [1.165, 1.54) is 10.1 Å². The Morgan fingerprint density at radius 3 is 3.00 bits per heavy atom. The fourth-order valence-electron chi connectivity index (χ4n) is 2.70. The number of hydrogen-bond acceptors (Lipinski definition) is 5. The van der Waals surface area contributed by atoms with Crippen molar-refractivity contribution in [2.45, 2.75) is 20.3 Å². The Labute approximate surface area is 135 Å². The highest BCUT2D eigenvalue weighted by atomic mass is 32.1. The maximum atomic E-state index is 12.3. The summed E-state index contributed by atoms with van der Waals surface area (Å²) in [6.45, 7) is 4.36. The van der Waals surface area contributed by atoms with Crippen molar-refractivity contribution >= 4 is 27.2 Å². The van der Waals surface area contributed by atoms with Crippen LogP contribution in [0.3, 0.4) is 0 Å². The quantitative estimate of drug-likeness (QED) is 0.628. The third-order valence-corrected chi connectivity index (χ3v) is 4.60. The molecule has 6 nitrogen and oxygen atoms in total. The Kier molecular flexibility index (Phi) is 3.23. The predicted molar refractivity (Wildman–Crippen MR) is 90.8 cm³/mol. The molecule has 0 atom stereocenters. The molecule has 0 bridgehead atoms. The number of rotatable bonds is 3. The van der Waals surface area contributed by atoms with Gasteiger partial charge in [-0.1, -0.05) is 13.8 Å². The lowest BCUT2D eigenvalue weighted by Crippen LogP contribution is -2.17. The Morgan fingerprint density at radius 2 is 2.26 bits per heavy atom. The van der Waals surface area contributed by atoms with Crippen LogP contribution in [0.25, 0.3) is 27.3 Å². The van der Waals surface area contributed by atoms with Crippen molar-refractivity contribution in [3.63, 3.8) is 0 Å². The molecule has 0 amide bonds. The minimum Gasteiger partial charge on any atom is -0.297 e. The number of thiophene rings is 1. The fraction of sp³-hybridized carbons (Fsp3) is 0.250. The largest absolute Gasteiger partial charge is 0.349 e. The fourth-order valence-corrected chi connectivity index (χ4v) is 3.66. The van der Waals surface area contributed by atoms with Crippen molar-refractivity contribution in [2.75, 3.05) is 0 Å². The maximum absolute atomic E-state index is 12.3. The Morgan fingerprint density at radius 1 is 1.39 bits per heavy atom. The zero-order chi connectivity index (χ0) is 16.0. The molecule has 0 aliphatic rings. The van der Waals surface area contributed by atoms with Crippen molar-refractivity contribution in [2.24, 2.45) is 5.92 Å². The number of hydrogen-bond donors (Lipinski definition) is 1. The van der Waals surface area contributed by atoms with Crippen LogP contribution in [0.15, 0.2) is 34.7 Å². The second kappa shape index (κ2) is 5.27. The summed E-state index contributed by atoms with van der Waals surface area (Å²) in [5.74, 6) is 1.04. The van der Waals surface area contributed by atoms with E-state index in [4.69, 9.17) is 0 Å². The van der Waals surface area contributed by atoms with Crippen molar-refractivity contribution in [1.29, 1.82) is 0 Å². The second-order valence-electron chi connectivity index (χ2n) is 5.91. The zero-order valence-corrected chi connectivity index (χ0v) is 13.6. The van der Waals surface area contributed by atoms with E-state index in [-0.39, 0.29) is 5.69 Å². The molecule has 0 fully saturated rings. The molecule has 1 N–H and O–H groups in total. The summed E-state index contributed by atoms with van der Waals surface area (Å²) in [7, 11) is 0. The topological polar surface area (TPSA) is 75.9 Å². The van der Waals surface area contributed by atoms with Gasteiger partial charge in [-0.25, -0.2) is 9.78 Å². The van der Waals surface area contributed by atoms with E-state index in [1.807, 2.05) is 12.1 Å². The van der Waals surface area contributed by atoms with Gasteiger partial charge in [0.05, 0.1) is 5.39 Å². The molecule has 23 heavy (non-hydrogen) atoms. The summed E-state index contributed by atoms with van der Waals surface area (Å²) in [6.07, 6.45) is 4.34. The zero-order valence-electron chi connectivity index (χ0n) is 12.8. The van der Waals surface area contributed by atoms with Crippen LogP contribution in [0.1, 0.15) is 19.4 Å². The third-order valence-electron chi connectivity index (χ3n) is 3.66. The molecule has 4 aromatic rings. The number of nitrogens with zero attached hydrogens (tertiary/aromatic N) is 4. The minimum absolute atomic E-state index is 0.270. The summed E-state index contributed by atoms with van der Waals surface area (Å²) in [5.41, 5.74) is 2.34. The van der Waals surface area contributed by atoms with Crippen molar-refractivity contribution < 1.29 is 0 Å². The van der Waals surface area contributed by atoms with E-state index in [0.717, 1.165) is 22.2 Å². The lowest BCUT2D eigenvalue weighted by Gasteiger charge is -2.03. The molecule has 116 valence electrons. The average Bonchev–Trinajstić information content (AvgIpc) is 3.12. The number of pyridine rings is 1. The lowest BCUT2D eigenvalue weighted by atomic mass is 10.0. The van der Waals surface area contributed by atoms with Gasteiger partial charge in [0, 0.05) is 18.0 Å². The van der Waals surface area contributed by atoms with Gasteiger partial charge < -0.3 is 0 Å². The Hall–Kier alpha value is -2.54. The van der Waals surface area contributed by atoms with Gasteiger partial charge in [0.2, 0.25) is 0 Å². The molecule has 4 rings (SSSR count). The average molecular weight is 325 g/mol. The molecule has 0 aromatic carbocycles. The third kappa shape index (κ3) is 2.33. The van der Waals surface area contributed by atoms with E-state index < -0.39 is 0 Å². The van der Waals surface area contributed by atoms with Gasteiger partial charge in [-0.15, -0.1) is 16.4 Å². The molecular formula is C16H15N5OS. The van der Waals surface area contributed by atoms with E-state index in [2.05, 4.69) is 39.3 Å². The van der Waals surface area contributed by atoms with E-state index in [0.29, 0.717) is 17.4 Å². The van der Waals surface area contributed by atoms with Crippen LogP contribution >= 0.6 is 11.3 Å². The molecule has 4 heterocycles. The van der Waals surface area contributed by atoms with Crippen LogP contribution < -0.4 is 5.69 Å². The van der Waals surface area contributed by atoms with Gasteiger partial charge in [-0.05, 0) is 35.4 Å². The number of H-pyrrole nitrogens is 1. The summed E-state index contributed by atoms with van der Waals surface area (Å²) in [6, 6.07) is 3.71. The van der Waals surface area contributed by atoms with Gasteiger partial charge in [0.1, 0.15) is 4.83 Å². The van der Waals surface area contributed by atoms with Crippen LogP contribution in [0.2, 0.25) is 0 Å². The van der Waals surface area contributed by atoms with Crippen molar-refractivity contribution in [3.8, 4) is 11.4 Å². The van der Waals surface area contributed by atoms with Crippen LogP contribution in [-0.4, -0.2) is 24.6 Å². The molecule has 0 spiro atoms.